The fraction of sp³-hybridized carbons (Fsp3) is 0. The van der Waals surface area contributed by atoms with Crippen molar-refractivity contribution in [3.63, 3.8) is 0 Å². The van der Waals surface area contributed by atoms with E-state index in [1.54, 1.807) is 0 Å². The van der Waals surface area contributed by atoms with Gasteiger partial charge >= 0.3 is 0 Å². The van der Waals surface area contributed by atoms with E-state index >= 15 is 0 Å². The second-order valence-electron chi connectivity index (χ2n) is 13.4. The van der Waals surface area contributed by atoms with E-state index in [4.69, 9.17) is 0 Å². The molecule has 0 bridgehead atoms. The van der Waals surface area contributed by atoms with Crippen LogP contribution in [-0.2, 0) is 0 Å². The number of benzene rings is 8. The highest BCUT2D eigenvalue weighted by atomic mass is 15.0. The Bertz CT molecular complexity index is 3070. The van der Waals surface area contributed by atoms with Gasteiger partial charge in [-0.15, -0.1) is 0 Å². The van der Waals surface area contributed by atoms with Crippen molar-refractivity contribution in [3.05, 3.63) is 188 Å². The molecule has 0 spiro atoms. The summed E-state index contributed by atoms with van der Waals surface area (Å²) in [4.78, 5) is 0. The Morgan fingerprint density at radius 3 is 1.14 bits per heavy atom. The fourth-order valence-corrected chi connectivity index (χ4v) is 8.39. The van der Waals surface area contributed by atoms with Crippen molar-refractivity contribution in [2.24, 2.45) is 0 Å². The van der Waals surface area contributed by atoms with Gasteiger partial charge in [-0.25, -0.2) is 0 Å². The fourth-order valence-electron chi connectivity index (χ4n) is 8.39. The maximum absolute atomic E-state index is 2.45. The molecule has 0 saturated heterocycles. The molecule has 0 aliphatic carbocycles. The van der Waals surface area contributed by atoms with Crippen LogP contribution >= 0.6 is 0 Å². The molecule has 3 heteroatoms. The van der Waals surface area contributed by atoms with E-state index in [0.717, 1.165) is 11.4 Å². The summed E-state index contributed by atoms with van der Waals surface area (Å²) >= 11 is 0. The Morgan fingerprint density at radius 2 is 0.588 bits per heavy atom. The zero-order valence-corrected chi connectivity index (χ0v) is 27.7. The van der Waals surface area contributed by atoms with Gasteiger partial charge in [0.2, 0.25) is 0 Å². The number of hydrogen-bond donors (Lipinski definition) is 0. The van der Waals surface area contributed by atoms with Gasteiger partial charge in [0, 0.05) is 49.4 Å². The molecular formula is C48H31N3. The Kier molecular flexibility index (Phi) is 5.96. The number of hydrogen-bond acceptors (Lipinski definition) is 0. The second-order valence-corrected chi connectivity index (χ2v) is 13.4. The third-order valence-corrected chi connectivity index (χ3v) is 10.6. The molecule has 8 aromatic carbocycles. The summed E-state index contributed by atoms with van der Waals surface area (Å²) in [7, 11) is 0. The lowest BCUT2D eigenvalue weighted by Gasteiger charge is -2.11. The first kappa shape index (κ1) is 28.0. The zero-order chi connectivity index (χ0) is 33.5. The third kappa shape index (κ3) is 4.12. The summed E-state index contributed by atoms with van der Waals surface area (Å²) in [5.41, 5.74) is 13.1. The Labute approximate surface area is 294 Å². The lowest BCUT2D eigenvalue weighted by Crippen LogP contribution is -1.96. The van der Waals surface area contributed by atoms with E-state index in [9.17, 15) is 0 Å². The molecule has 0 atom stereocenters. The molecular weight excluding hydrogens is 619 g/mol. The van der Waals surface area contributed by atoms with E-state index in [-0.39, 0.29) is 0 Å². The second kappa shape index (κ2) is 10.8. The first-order chi connectivity index (χ1) is 25.3. The Balaban J connectivity index is 1.20. The predicted octanol–water partition coefficient (Wildman–Crippen LogP) is 12.6. The van der Waals surface area contributed by atoms with Gasteiger partial charge in [0.25, 0.3) is 0 Å². The smallest absolute Gasteiger partial charge is 0.0542 e. The van der Waals surface area contributed by atoms with Gasteiger partial charge in [-0.1, -0.05) is 109 Å². The summed E-state index contributed by atoms with van der Waals surface area (Å²) in [5, 5.41) is 7.49. The van der Waals surface area contributed by atoms with Crippen LogP contribution in [0, 0.1) is 0 Å². The van der Waals surface area contributed by atoms with Crippen LogP contribution in [-0.4, -0.2) is 13.7 Å². The van der Waals surface area contributed by atoms with Crippen LogP contribution < -0.4 is 0 Å². The van der Waals surface area contributed by atoms with E-state index in [0.29, 0.717) is 0 Å². The first-order valence-electron chi connectivity index (χ1n) is 17.5. The topological polar surface area (TPSA) is 14.8 Å². The summed E-state index contributed by atoms with van der Waals surface area (Å²) in [6.45, 7) is 0. The van der Waals surface area contributed by atoms with Crippen molar-refractivity contribution in [1.29, 1.82) is 0 Å². The summed E-state index contributed by atoms with van der Waals surface area (Å²) in [6, 6.07) is 68.5. The van der Waals surface area contributed by atoms with E-state index in [1.165, 1.54) is 82.2 Å². The minimum atomic E-state index is 1.15. The van der Waals surface area contributed by atoms with Crippen molar-refractivity contribution in [1.82, 2.24) is 13.7 Å². The molecule has 3 heterocycles. The molecule has 3 nitrogen and oxygen atoms in total. The molecule has 11 aromatic rings. The lowest BCUT2D eigenvalue weighted by molar-refractivity contribution is 1.16. The molecule has 51 heavy (non-hydrogen) atoms. The molecule has 238 valence electrons. The average molecular weight is 650 g/mol. The van der Waals surface area contributed by atoms with Gasteiger partial charge in [-0.05, 0) is 90.0 Å². The minimum Gasteiger partial charge on any atom is -0.309 e. The van der Waals surface area contributed by atoms with Crippen LogP contribution in [0.2, 0.25) is 0 Å². The Hall–Kier alpha value is -6.84. The molecule has 11 rings (SSSR count). The maximum atomic E-state index is 2.45. The molecule has 0 unspecified atom stereocenters. The van der Waals surface area contributed by atoms with Crippen molar-refractivity contribution in [2.45, 2.75) is 0 Å². The molecule has 0 radical (unpaired) electrons. The van der Waals surface area contributed by atoms with Crippen molar-refractivity contribution in [3.8, 4) is 28.2 Å². The lowest BCUT2D eigenvalue weighted by atomic mass is 10.0. The van der Waals surface area contributed by atoms with Crippen molar-refractivity contribution < 1.29 is 0 Å². The molecule has 0 amide bonds. The molecule has 0 aliphatic rings. The Morgan fingerprint density at radius 1 is 0.216 bits per heavy atom. The number of para-hydroxylation sites is 4. The summed E-state index contributed by atoms with van der Waals surface area (Å²) < 4.78 is 7.24. The van der Waals surface area contributed by atoms with Crippen LogP contribution in [0.15, 0.2) is 188 Å². The predicted molar refractivity (Wildman–Crippen MR) is 215 cm³/mol. The number of rotatable bonds is 4. The van der Waals surface area contributed by atoms with Crippen molar-refractivity contribution >= 4 is 65.4 Å². The maximum Gasteiger partial charge on any atom is 0.0542 e. The van der Waals surface area contributed by atoms with E-state index < -0.39 is 0 Å². The monoisotopic (exact) mass is 649 g/mol. The average Bonchev–Trinajstić information content (AvgIpc) is 3.83. The molecule has 0 saturated carbocycles. The van der Waals surface area contributed by atoms with E-state index in [2.05, 4.69) is 202 Å². The van der Waals surface area contributed by atoms with Gasteiger partial charge in [0.05, 0.1) is 33.1 Å². The quantitative estimate of drug-likeness (QED) is 0.180. The van der Waals surface area contributed by atoms with Gasteiger partial charge < -0.3 is 13.7 Å². The van der Waals surface area contributed by atoms with Crippen LogP contribution in [0.4, 0.5) is 0 Å². The first-order valence-corrected chi connectivity index (χ1v) is 17.5. The standard InChI is InChI=1S/C48H31N3/c1-3-13-32(14-4-1)33-23-26-46-40(29-33)42-31-36(50-43-20-10-7-17-37(43)38-18-8-11-21-44(38)50)25-28-48(42)51(46)35-24-27-47-41(30-35)39-19-9-12-22-45(39)49(47)34-15-5-2-6-16-34/h1-31H. The number of fused-ring (bicyclic) bond motifs is 9. The highest BCUT2D eigenvalue weighted by molar-refractivity contribution is 6.14. The van der Waals surface area contributed by atoms with Gasteiger partial charge in [-0.3, -0.25) is 0 Å². The normalized spacial score (nSPS) is 11.9. The van der Waals surface area contributed by atoms with Crippen LogP contribution in [0.1, 0.15) is 0 Å². The molecule has 0 N–H and O–H groups in total. The van der Waals surface area contributed by atoms with Crippen LogP contribution in [0.5, 0.6) is 0 Å². The minimum absolute atomic E-state index is 1.15. The SMILES string of the molecule is c1ccc(-c2ccc3c(c2)c2cc(-n4c5ccccc5c5ccccc54)ccc2n3-c2ccc3c(c2)c2ccccc2n3-c2ccccc2)cc1. The van der Waals surface area contributed by atoms with E-state index in [1.807, 2.05) is 0 Å². The summed E-state index contributed by atoms with van der Waals surface area (Å²) in [6.07, 6.45) is 0. The molecule has 0 aliphatic heterocycles. The van der Waals surface area contributed by atoms with Crippen LogP contribution in [0.25, 0.3) is 93.6 Å². The van der Waals surface area contributed by atoms with Gasteiger partial charge in [0.1, 0.15) is 0 Å². The highest BCUT2D eigenvalue weighted by Gasteiger charge is 2.19. The molecule has 0 fully saturated rings. The third-order valence-electron chi connectivity index (χ3n) is 10.6. The zero-order valence-electron chi connectivity index (χ0n) is 27.7. The van der Waals surface area contributed by atoms with Crippen LogP contribution in [0.3, 0.4) is 0 Å². The highest BCUT2D eigenvalue weighted by Crippen LogP contribution is 2.40. The molecule has 3 aromatic heterocycles. The van der Waals surface area contributed by atoms with Gasteiger partial charge in [0.15, 0.2) is 0 Å². The van der Waals surface area contributed by atoms with Gasteiger partial charge in [-0.2, -0.15) is 0 Å². The van der Waals surface area contributed by atoms with Crippen molar-refractivity contribution in [2.75, 3.05) is 0 Å². The largest absolute Gasteiger partial charge is 0.309 e. The number of aromatic nitrogens is 3. The summed E-state index contributed by atoms with van der Waals surface area (Å²) in [5.74, 6) is 0. The number of nitrogens with zero attached hydrogens (tertiary/aromatic N) is 3.